The van der Waals surface area contributed by atoms with Crippen molar-refractivity contribution in [2.24, 2.45) is 0 Å². The van der Waals surface area contributed by atoms with Crippen LogP contribution < -0.4 is 10.9 Å². The van der Waals surface area contributed by atoms with Crippen molar-refractivity contribution in [3.05, 3.63) is 64.1 Å². The summed E-state index contributed by atoms with van der Waals surface area (Å²) in [5.41, 5.74) is 2.43. The Labute approximate surface area is 183 Å². The van der Waals surface area contributed by atoms with Gasteiger partial charge in [0.25, 0.3) is 5.56 Å². The molecule has 1 N–H and O–H groups in total. The van der Waals surface area contributed by atoms with Gasteiger partial charge in [0.05, 0.1) is 17.3 Å². The van der Waals surface area contributed by atoms with Crippen molar-refractivity contribution in [3.63, 3.8) is 0 Å². The average Bonchev–Trinajstić information content (AvgIpc) is 3.25. The number of hydrogen-bond acceptors (Lipinski definition) is 5. The van der Waals surface area contributed by atoms with Crippen molar-refractivity contribution in [1.82, 2.24) is 24.1 Å². The fourth-order valence-corrected chi connectivity index (χ4v) is 4.42. The third-order valence-electron chi connectivity index (χ3n) is 5.99. The summed E-state index contributed by atoms with van der Waals surface area (Å²) in [4.78, 5) is 34.3. The van der Waals surface area contributed by atoms with Gasteiger partial charge in [-0.25, -0.2) is 14.4 Å². The molecular formula is C23H23FN6O2. The first-order chi connectivity index (χ1) is 15.5. The van der Waals surface area contributed by atoms with E-state index >= 15 is 0 Å². The summed E-state index contributed by atoms with van der Waals surface area (Å²) in [6.07, 6.45) is 8.34. The second kappa shape index (κ2) is 8.14. The first kappa shape index (κ1) is 20.3. The quantitative estimate of drug-likeness (QED) is 0.530. The number of hydrogen-bond donors (Lipinski definition) is 1. The van der Waals surface area contributed by atoms with Crippen molar-refractivity contribution in [2.75, 3.05) is 5.32 Å². The van der Waals surface area contributed by atoms with Gasteiger partial charge in [0.2, 0.25) is 5.91 Å². The molecule has 0 atom stereocenters. The molecule has 164 valence electrons. The van der Waals surface area contributed by atoms with Gasteiger partial charge in [0.15, 0.2) is 0 Å². The number of carbonyl (C=O) groups excluding carboxylic acids is 1. The van der Waals surface area contributed by atoms with Crippen LogP contribution in [0.25, 0.3) is 16.7 Å². The summed E-state index contributed by atoms with van der Waals surface area (Å²) in [6, 6.07) is 6.30. The molecule has 1 saturated carbocycles. The van der Waals surface area contributed by atoms with Gasteiger partial charge in [-0.2, -0.15) is 9.61 Å². The lowest BCUT2D eigenvalue weighted by Crippen LogP contribution is -2.25. The summed E-state index contributed by atoms with van der Waals surface area (Å²) < 4.78 is 16.2. The summed E-state index contributed by atoms with van der Waals surface area (Å²) in [5, 5.41) is 7.72. The van der Waals surface area contributed by atoms with Crippen molar-refractivity contribution >= 4 is 28.4 Å². The van der Waals surface area contributed by atoms with Crippen molar-refractivity contribution in [1.29, 1.82) is 0 Å². The van der Waals surface area contributed by atoms with Crippen molar-refractivity contribution in [2.45, 2.75) is 51.5 Å². The Kier molecular flexibility index (Phi) is 5.16. The maximum Gasteiger partial charge on any atom is 0.283 e. The smallest absolute Gasteiger partial charge is 0.283 e. The number of nitrogens with one attached hydrogen (secondary N) is 1. The van der Waals surface area contributed by atoms with Crippen LogP contribution in [0.1, 0.15) is 49.3 Å². The molecule has 0 saturated heterocycles. The molecule has 5 rings (SSSR count). The molecule has 0 unspecified atom stereocenters. The van der Waals surface area contributed by atoms with E-state index in [0.29, 0.717) is 22.6 Å². The molecule has 0 aromatic carbocycles. The fourth-order valence-electron chi connectivity index (χ4n) is 4.42. The van der Waals surface area contributed by atoms with Gasteiger partial charge < -0.3 is 9.88 Å². The number of rotatable bonds is 4. The molecule has 4 aromatic heterocycles. The van der Waals surface area contributed by atoms with Gasteiger partial charge >= 0.3 is 0 Å². The number of anilines is 1. The van der Waals surface area contributed by atoms with E-state index in [0.717, 1.165) is 43.1 Å². The van der Waals surface area contributed by atoms with E-state index in [-0.39, 0.29) is 23.8 Å². The highest BCUT2D eigenvalue weighted by molar-refractivity contribution is 5.91. The molecular weight excluding hydrogens is 411 g/mol. The fraction of sp³-hybridized carbons (Fsp3) is 0.348. The normalized spacial score (nSPS) is 14.8. The zero-order valence-electron chi connectivity index (χ0n) is 17.7. The molecule has 32 heavy (non-hydrogen) atoms. The van der Waals surface area contributed by atoms with E-state index in [1.54, 1.807) is 16.8 Å². The van der Waals surface area contributed by atoms with Crippen molar-refractivity contribution < 1.29 is 9.18 Å². The molecule has 0 spiro atoms. The Bertz CT molecular complexity index is 1370. The summed E-state index contributed by atoms with van der Waals surface area (Å²) in [5.74, 6) is -0.284. The average molecular weight is 434 g/mol. The van der Waals surface area contributed by atoms with Crippen LogP contribution >= 0.6 is 0 Å². The predicted molar refractivity (Wildman–Crippen MR) is 118 cm³/mol. The largest absolute Gasteiger partial charge is 0.309 e. The molecule has 9 heteroatoms. The molecule has 1 aliphatic carbocycles. The highest BCUT2D eigenvalue weighted by atomic mass is 19.1. The second-order valence-corrected chi connectivity index (χ2v) is 8.36. The molecule has 0 radical (unpaired) electrons. The minimum Gasteiger partial charge on any atom is -0.309 e. The maximum atomic E-state index is 13.2. The van der Waals surface area contributed by atoms with E-state index in [4.69, 9.17) is 0 Å². The Morgan fingerprint density at radius 2 is 1.97 bits per heavy atom. The number of aromatic nitrogens is 5. The zero-order chi connectivity index (χ0) is 22.2. The van der Waals surface area contributed by atoms with E-state index in [1.807, 2.05) is 13.0 Å². The van der Waals surface area contributed by atoms with Gasteiger partial charge in [0, 0.05) is 18.2 Å². The van der Waals surface area contributed by atoms with E-state index in [2.05, 4.69) is 20.4 Å². The lowest BCUT2D eigenvalue weighted by atomic mass is 9.87. The molecule has 0 aliphatic heterocycles. The number of nitrogens with zero attached hydrogens (tertiary/aromatic N) is 5. The van der Waals surface area contributed by atoms with Crippen molar-refractivity contribution in [3.8, 4) is 0 Å². The third kappa shape index (κ3) is 3.74. The van der Waals surface area contributed by atoms with Gasteiger partial charge in [-0.1, -0.05) is 19.3 Å². The van der Waals surface area contributed by atoms with Crippen LogP contribution in [0.3, 0.4) is 0 Å². The molecule has 4 aromatic rings. The number of carbonyl (C=O) groups is 1. The van der Waals surface area contributed by atoms with E-state index in [9.17, 15) is 14.0 Å². The minimum absolute atomic E-state index is 0.0921. The summed E-state index contributed by atoms with van der Waals surface area (Å²) in [6.45, 7) is 1.77. The molecule has 1 fully saturated rings. The van der Waals surface area contributed by atoms with Gasteiger partial charge in [-0.05, 0) is 43.5 Å². The second-order valence-electron chi connectivity index (χ2n) is 8.36. The van der Waals surface area contributed by atoms with Crippen LogP contribution in [0.15, 0.2) is 41.5 Å². The number of aryl methyl sites for hydroxylation is 1. The van der Waals surface area contributed by atoms with Crippen LogP contribution in [0, 0.1) is 12.7 Å². The van der Waals surface area contributed by atoms with E-state index < -0.39 is 5.82 Å². The number of halogens is 1. The Morgan fingerprint density at radius 1 is 1.16 bits per heavy atom. The highest BCUT2D eigenvalue weighted by Crippen LogP contribution is 2.32. The first-order valence-electron chi connectivity index (χ1n) is 10.8. The lowest BCUT2D eigenvalue weighted by Gasteiger charge is -2.18. The maximum absolute atomic E-state index is 13.2. The van der Waals surface area contributed by atoms with Gasteiger partial charge in [0.1, 0.15) is 29.5 Å². The molecule has 1 aliphatic rings. The van der Waals surface area contributed by atoms with Crippen LogP contribution in [-0.2, 0) is 11.3 Å². The number of pyridine rings is 2. The molecule has 1 amide bonds. The Balaban J connectivity index is 1.60. The highest BCUT2D eigenvalue weighted by Gasteiger charge is 2.22. The van der Waals surface area contributed by atoms with Crippen LogP contribution in [0.4, 0.5) is 10.2 Å². The van der Waals surface area contributed by atoms with Gasteiger partial charge in [-0.15, -0.1) is 0 Å². The van der Waals surface area contributed by atoms with Gasteiger partial charge in [-0.3, -0.25) is 9.59 Å². The Morgan fingerprint density at radius 3 is 2.72 bits per heavy atom. The van der Waals surface area contributed by atoms with E-state index in [1.165, 1.54) is 23.1 Å². The standard InChI is InChI=1S/C23H23FN6O2/c1-14-9-17-22(26-11-14)29(13-20(31)27-19-8-7-16(24)12-25-19)21-10-18(28-30(21)23(17)32)15-5-3-2-4-6-15/h7-12,15H,2-6,13H2,1H3,(H,25,27,31). The number of amides is 1. The Hall–Kier alpha value is -3.62. The predicted octanol–water partition coefficient (Wildman–Crippen LogP) is 3.57. The molecule has 4 heterocycles. The molecule has 8 nitrogen and oxygen atoms in total. The monoisotopic (exact) mass is 434 g/mol. The van der Waals surface area contributed by atoms with Crippen LogP contribution in [0.5, 0.6) is 0 Å². The number of fused-ring (bicyclic) bond motifs is 2. The zero-order valence-corrected chi connectivity index (χ0v) is 17.7. The topological polar surface area (TPSA) is 94.2 Å². The summed E-state index contributed by atoms with van der Waals surface area (Å²) >= 11 is 0. The molecule has 0 bridgehead atoms. The summed E-state index contributed by atoms with van der Waals surface area (Å²) in [7, 11) is 0. The lowest BCUT2D eigenvalue weighted by molar-refractivity contribution is -0.116. The third-order valence-corrected chi connectivity index (χ3v) is 5.99. The minimum atomic E-state index is -0.481. The SMILES string of the molecule is Cc1cnc2c(c1)c(=O)n1nc(C3CCCCC3)cc1n2CC(=O)Nc1ccc(F)cn1. The first-order valence-corrected chi connectivity index (χ1v) is 10.8. The van der Waals surface area contributed by atoms with Crippen LogP contribution in [0.2, 0.25) is 0 Å². The van der Waals surface area contributed by atoms with Crippen LogP contribution in [-0.4, -0.2) is 30.1 Å².